The van der Waals surface area contributed by atoms with Gasteiger partial charge >= 0.3 is 0 Å². The Hall–Kier alpha value is -3.23. The molecule has 158 valence electrons. The second kappa shape index (κ2) is 7.18. The Balaban J connectivity index is 1.37. The van der Waals surface area contributed by atoms with Crippen molar-refractivity contribution >= 4 is 15.8 Å². The van der Waals surface area contributed by atoms with Gasteiger partial charge in [-0.1, -0.05) is 24.3 Å². The van der Waals surface area contributed by atoms with Gasteiger partial charge in [-0.25, -0.2) is 13.6 Å². The molecule has 0 unspecified atom stereocenters. The van der Waals surface area contributed by atoms with Crippen molar-refractivity contribution in [3.8, 4) is 22.8 Å². The summed E-state index contributed by atoms with van der Waals surface area (Å²) >= 11 is 0. The van der Waals surface area contributed by atoms with Gasteiger partial charge in [0.1, 0.15) is 5.78 Å². The molecule has 2 N–H and O–H groups in total. The molecule has 3 aromatic rings. The highest BCUT2D eigenvalue weighted by Crippen LogP contribution is 2.51. The maximum atomic E-state index is 13.2. The predicted octanol–water partition coefficient (Wildman–Crippen LogP) is 2.97. The number of carbonyl (C=O) groups is 1. The molecule has 0 bridgehead atoms. The first-order valence-electron chi connectivity index (χ1n) is 9.88. The molecular formula is C23H20N2O5S. The van der Waals surface area contributed by atoms with Crippen LogP contribution in [0.4, 0.5) is 0 Å². The fourth-order valence-electron chi connectivity index (χ4n) is 3.94. The van der Waals surface area contributed by atoms with Crippen LogP contribution in [0.2, 0.25) is 0 Å². The molecule has 0 atom stereocenters. The fourth-order valence-corrected chi connectivity index (χ4v) is 4.45. The van der Waals surface area contributed by atoms with E-state index in [4.69, 9.17) is 14.6 Å². The molecule has 31 heavy (non-hydrogen) atoms. The molecule has 1 aliphatic heterocycles. The number of ether oxygens (including phenoxy) is 2. The lowest BCUT2D eigenvalue weighted by Gasteiger charge is -2.15. The first-order chi connectivity index (χ1) is 14.8. The summed E-state index contributed by atoms with van der Waals surface area (Å²) in [6.45, 7) is 0.203. The Morgan fingerprint density at radius 1 is 1.00 bits per heavy atom. The number of carbonyl (C=O) groups excluding carboxylic acids is 1. The lowest BCUT2D eigenvalue weighted by Crippen LogP contribution is -2.23. The fraction of sp³-hybridized carbons (Fsp3) is 0.217. The first kappa shape index (κ1) is 19.7. The summed E-state index contributed by atoms with van der Waals surface area (Å²) in [4.78, 5) is 17.9. The van der Waals surface area contributed by atoms with Crippen molar-refractivity contribution in [1.29, 1.82) is 0 Å². The number of ketones is 1. The number of rotatable bonds is 6. The Morgan fingerprint density at radius 3 is 2.45 bits per heavy atom. The van der Waals surface area contributed by atoms with Crippen molar-refractivity contribution in [1.82, 2.24) is 4.98 Å². The van der Waals surface area contributed by atoms with E-state index < -0.39 is 15.4 Å². The lowest BCUT2D eigenvalue weighted by atomic mass is 9.88. The molecule has 1 aliphatic carbocycles. The molecule has 1 saturated carbocycles. The van der Waals surface area contributed by atoms with E-state index in [9.17, 15) is 13.2 Å². The van der Waals surface area contributed by atoms with E-state index >= 15 is 0 Å². The van der Waals surface area contributed by atoms with Crippen molar-refractivity contribution in [2.75, 3.05) is 6.79 Å². The van der Waals surface area contributed by atoms with Crippen molar-refractivity contribution in [3.63, 3.8) is 0 Å². The van der Waals surface area contributed by atoms with Gasteiger partial charge in [0.25, 0.3) is 0 Å². The summed E-state index contributed by atoms with van der Waals surface area (Å²) < 4.78 is 33.7. The number of fused-ring (bicyclic) bond motifs is 1. The smallest absolute Gasteiger partial charge is 0.238 e. The third-order valence-corrected chi connectivity index (χ3v) is 6.77. The summed E-state index contributed by atoms with van der Waals surface area (Å²) in [6, 6.07) is 17.4. The minimum Gasteiger partial charge on any atom is -0.454 e. The van der Waals surface area contributed by atoms with Gasteiger partial charge in [-0.3, -0.25) is 9.78 Å². The first-order valence-corrected chi connectivity index (χ1v) is 11.4. The Labute approximate surface area is 179 Å². The number of hydrogen-bond donors (Lipinski definition) is 1. The summed E-state index contributed by atoms with van der Waals surface area (Å²) in [5.74, 6) is 1.51. The lowest BCUT2D eigenvalue weighted by molar-refractivity contribution is -0.120. The van der Waals surface area contributed by atoms with Gasteiger partial charge in [0.15, 0.2) is 11.5 Å². The van der Waals surface area contributed by atoms with Gasteiger partial charge in [-0.15, -0.1) is 0 Å². The van der Waals surface area contributed by atoms with Crippen LogP contribution in [0.15, 0.2) is 65.6 Å². The van der Waals surface area contributed by atoms with Crippen LogP contribution in [0, 0.1) is 0 Å². The molecule has 0 radical (unpaired) electrons. The van der Waals surface area contributed by atoms with Crippen molar-refractivity contribution in [2.45, 2.75) is 29.6 Å². The van der Waals surface area contributed by atoms with Gasteiger partial charge in [0.2, 0.25) is 16.8 Å². The Kier molecular flexibility index (Phi) is 4.56. The minimum absolute atomic E-state index is 0.0435. The van der Waals surface area contributed by atoms with Crippen LogP contribution in [0.3, 0.4) is 0 Å². The largest absolute Gasteiger partial charge is 0.454 e. The molecule has 0 amide bonds. The number of nitrogens with zero attached hydrogens (tertiary/aromatic N) is 1. The Bertz CT molecular complexity index is 1280. The van der Waals surface area contributed by atoms with E-state index in [1.807, 2.05) is 36.4 Å². The average molecular weight is 436 g/mol. The van der Waals surface area contributed by atoms with Gasteiger partial charge in [0, 0.05) is 17.7 Å². The van der Waals surface area contributed by atoms with Crippen LogP contribution in [-0.2, 0) is 26.7 Å². The van der Waals surface area contributed by atoms with Crippen molar-refractivity contribution < 1.29 is 22.7 Å². The van der Waals surface area contributed by atoms with Gasteiger partial charge in [-0.2, -0.15) is 0 Å². The van der Waals surface area contributed by atoms with Crippen molar-refractivity contribution in [2.24, 2.45) is 5.14 Å². The summed E-state index contributed by atoms with van der Waals surface area (Å²) in [7, 11) is -3.75. The molecule has 0 spiro atoms. The monoisotopic (exact) mass is 436 g/mol. The summed E-state index contributed by atoms with van der Waals surface area (Å²) in [5, 5.41) is 5.15. The SMILES string of the molecule is NS(=O)(=O)c1ccc(-c2cccc(CC(=O)C3(c4ccc5c(c4)OCO5)CC3)n2)cc1. The zero-order valence-electron chi connectivity index (χ0n) is 16.6. The predicted molar refractivity (Wildman–Crippen MR) is 113 cm³/mol. The maximum Gasteiger partial charge on any atom is 0.238 e. The molecule has 2 aliphatic rings. The van der Waals surface area contributed by atoms with Gasteiger partial charge in [-0.05, 0) is 54.8 Å². The zero-order valence-corrected chi connectivity index (χ0v) is 17.4. The van der Waals surface area contributed by atoms with Crippen LogP contribution in [0.5, 0.6) is 11.5 Å². The Morgan fingerprint density at radius 2 is 1.74 bits per heavy atom. The molecule has 0 saturated heterocycles. The number of sulfonamides is 1. The van der Waals surface area contributed by atoms with E-state index in [1.165, 1.54) is 12.1 Å². The van der Waals surface area contributed by atoms with E-state index in [1.54, 1.807) is 12.1 Å². The number of pyridine rings is 1. The highest BCUT2D eigenvalue weighted by molar-refractivity contribution is 7.89. The molecule has 2 heterocycles. The highest BCUT2D eigenvalue weighted by atomic mass is 32.2. The van der Waals surface area contributed by atoms with Crippen LogP contribution < -0.4 is 14.6 Å². The topological polar surface area (TPSA) is 109 Å². The molecular weight excluding hydrogens is 416 g/mol. The zero-order chi connectivity index (χ0) is 21.6. The van der Waals surface area contributed by atoms with Crippen LogP contribution >= 0.6 is 0 Å². The standard InChI is InChI=1S/C23H20N2O5S/c24-31(27,28)18-7-4-15(5-8-18)19-3-1-2-17(25-19)13-22(26)23(10-11-23)16-6-9-20-21(12-16)30-14-29-20/h1-9,12H,10-11,13-14H2,(H2,24,27,28). The van der Waals surface area contributed by atoms with Crippen LogP contribution in [-0.4, -0.2) is 26.0 Å². The third-order valence-electron chi connectivity index (χ3n) is 5.84. The van der Waals surface area contributed by atoms with Crippen LogP contribution in [0.25, 0.3) is 11.3 Å². The van der Waals surface area contributed by atoms with Gasteiger partial charge < -0.3 is 9.47 Å². The van der Waals surface area contributed by atoms with Crippen LogP contribution in [0.1, 0.15) is 24.1 Å². The minimum atomic E-state index is -3.75. The van der Waals surface area contributed by atoms with E-state index in [-0.39, 0.29) is 23.9 Å². The molecule has 2 aromatic carbocycles. The number of benzene rings is 2. The number of Topliss-reactive ketones (excluding diaryl/α,β-unsaturated/α-hetero) is 1. The van der Waals surface area contributed by atoms with E-state index in [2.05, 4.69) is 4.98 Å². The van der Waals surface area contributed by atoms with E-state index in [0.29, 0.717) is 22.9 Å². The summed E-state index contributed by atoms with van der Waals surface area (Å²) in [6.07, 6.45) is 1.83. The second-order valence-corrected chi connectivity index (χ2v) is 9.40. The number of primary sulfonamides is 1. The third kappa shape index (κ3) is 3.68. The van der Waals surface area contributed by atoms with E-state index in [0.717, 1.165) is 24.0 Å². The maximum absolute atomic E-state index is 13.2. The number of hydrogen-bond acceptors (Lipinski definition) is 6. The average Bonchev–Trinajstić information content (AvgIpc) is 3.44. The molecule has 1 fully saturated rings. The van der Waals surface area contributed by atoms with Crippen molar-refractivity contribution in [3.05, 3.63) is 71.9 Å². The normalized spacial score (nSPS) is 16.2. The number of nitrogens with two attached hydrogens (primary N) is 1. The molecule has 8 heteroatoms. The number of aromatic nitrogens is 1. The second-order valence-electron chi connectivity index (χ2n) is 7.83. The molecule has 7 nitrogen and oxygen atoms in total. The highest BCUT2D eigenvalue weighted by Gasteiger charge is 2.50. The molecule has 1 aromatic heterocycles. The van der Waals surface area contributed by atoms with Gasteiger partial charge in [0.05, 0.1) is 16.0 Å². The summed E-state index contributed by atoms with van der Waals surface area (Å²) in [5.41, 5.74) is 2.55. The quantitative estimate of drug-likeness (QED) is 0.636. The molecule has 5 rings (SSSR count).